The number of ether oxygens (including phenoxy) is 2. The van der Waals surface area contributed by atoms with Gasteiger partial charge in [0.15, 0.2) is 6.29 Å². The highest BCUT2D eigenvalue weighted by Crippen LogP contribution is 2.15. The minimum atomic E-state index is -0.117. The molecule has 0 atom stereocenters. The number of tetrazole rings is 1. The number of aromatic amines is 1. The molecule has 0 unspecified atom stereocenters. The Morgan fingerprint density at radius 1 is 1.50 bits per heavy atom. The summed E-state index contributed by atoms with van der Waals surface area (Å²) < 4.78 is 10.4. The maximum absolute atomic E-state index is 5.22. The molecule has 1 fully saturated rings. The van der Waals surface area contributed by atoms with Crippen molar-refractivity contribution in [3.05, 3.63) is 0 Å². The van der Waals surface area contributed by atoms with Gasteiger partial charge in [-0.3, -0.25) is 0 Å². The van der Waals surface area contributed by atoms with Gasteiger partial charge in [-0.05, 0) is 5.21 Å². The molecule has 1 saturated heterocycles. The Hall–Kier alpha value is -0.660. The minimum Gasteiger partial charge on any atom is -0.349 e. The Labute approximate surface area is 73.0 Å². The maximum Gasteiger partial charge on any atom is 0.231 e. The fourth-order valence-electron chi connectivity index (χ4n) is 0.860. The molecule has 2 heterocycles. The number of thioether (sulfide) groups is 1. The standard InChI is InChI=1S/C5H8N4O2S/c1-2-11-4(10-1)3-12-5-6-8-9-7-5/h4H,1-3H2,(H,6,7,8,9). The van der Waals surface area contributed by atoms with Crippen molar-refractivity contribution in [2.45, 2.75) is 11.4 Å². The zero-order chi connectivity index (χ0) is 8.23. The third kappa shape index (κ3) is 1.93. The van der Waals surface area contributed by atoms with E-state index in [0.717, 1.165) is 0 Å². The molecule has 1 aromatic heterocycles. The summed E-state index contributed by atoms with van der Waals surface area (Å²) >= 11 is 1.46. The monoisotopic (exact) mass is 188 g/mol. The van der Waals surface area contributed by atoms with E-state index in [1.165, 1.54) is 11.8 Å². The topological polar surface area (TPSA) is 72.9 Å². The summed E-state index contributed by atoms with van der Waals surface area (Å²) in [7, 11) is 0. The first-order valence-electron chi connectivity index (χ1n) is 3.54. The maximum atomic E-state index is 5.22. The van der Waals surface area contributed by atoms with Crippen LogP contribution < -0.4 is 0 Å². The lowest BCUT2D eigenvalue weighted by Gasteiger charge is -2.04. The molecule has 1 N–H and O–H groups in total. The van der Waals surface area contributed by atoms with Crippen LogP contribution in [0.25, 0.3) is 0 Å². The van der Waals surface area contributed by atoms with Gasteiger partial charge in [0.1, 0.15) is 0 Å². The zero-order valence-electron chi connectivity index (χ0n) is 6.27. The van der Waals surface area contributed by atoms with Gasteiger partial charge in [0, 0.05) is 0 Å². The van der Waals surface area contributed by atoms with Crippen LogP contribution in [0.3, 0.4) is 0 Å². The van der Waals surface area contributed by atoms with Crippen molar-refractivity contribution in [1.82, 2.24) is 20.6 Å². The summed E-state index contributed by atoms with van der Waals surface area (Å²) in [6.07, 6.45) is -0.117. The second-order valence-electron chi connectivity index (χ2n) is 2.18. The Kier molecular flexibility index (Phi) is 2.54. The quantitative estimate of drug-likeness (QED) is 0.654. The second-order valence-corrected chi connectivity index (χ2v) is 3.16. The first kappa shape index (κ1) is 7.96. The number of hydrogen-bond acceptors (Lipinski definition) is 6. The van der Waals surface area contributed by atoms with Gasteiger partial charge in [0.2, 0.25) is 5.16 Å². The van der Waals surface area contributed by atoms with Crippen molar-refractivity contribution < 1.29 is 9.47 Å². The van der Waals surface area contributed by atoms with Crippen LogP contribution in [0.1, 0.15) is 0 Å². The molecule has 6 nitrogen and oxygen atoms in total. The number of rotatable bonds is 3. The molecule has 12 heavy (non-hydrogen) atoms. The first-order chi connectivity index (χ1) is 5.95. The highest BCUT2D eigenvalue weighted by molar-refractivity contribution is 7.99. The number of aromatic nitrogens is 4. The van der Waals surface area contributed by atoms with E-state index < -0.39 is 0 Å². The van der Waals surface area contributed by atoms with Gasteiger partial charge in [-0.1, -0.05) is 11.8 Å². The molecule has 0 spiro atoms. The average molecular weight is 188 g/mol. The van der Waals surface area contributed by atoms with Crippen LogP contribution in [0.15, 0.2) is 5.16 Å². The van der Waals surface area contributed by atoms with Crippen LogP contribution in [0.4, 0.5) is 0 Å². The van der Waals surface area contributed by atoms with Gasteiger partial charge in [-0.2, -0.15) is 5.21 Å². The minimum absolute atomic E-state index is 0.117. The number of nitrogens with one attached hydrogen (secondary N) is 1. The summed E-state index contributed by atoms with van der Waals surface area (Å²) in [5, 5.41) is 14.0. The molecule has 0 radical (unpaired) electrons. The molecule has 1 aromatic rings. The van der Waals surface area contributed by atoms with Crippen molar-refractivity contribution in [2.24, 2.45) is 0 Å². The summed E-state index contributed by atoms with van der Waals surface area (Å²) in [6, 6.07) is 0. The second kappa shape index (κ2) is 3.83. The van der Waals surface area contributed by atoms with Crippen LogP contribution in [-0.2, 0) is 9.47 Å². The van der Waals surface area contributed by atoms with Crippen molar-refractivity contribution in [3.8, 4) is 0 Å². The molecule has 66 valence electrons. The number of hydrogen-bond donors (Lipinski definition) is 1. The Bertz CT molecular complexity index is 223. The van der Waals surface area contributed by atoms with E-state index in [4.69, 9.17) is 9.47 Å². The van der Waals surface area contributed by atoms with Crippen LogP contribution in [0.5, 0.6) is 0 Å². The van der Waals surface area contributed by atoms with E-state index in [0.29, 0.717) is 24.1 Å². The van der Waals surface area contributed by atoms with Crippen LogP contribution >= 0.6 is 11.8 Å². The lowest BCUT2D eigenvalue weighted by Crippen LogP contribution is -2.10. The van der Waals surface area contributed by atoms with Crippen LogP contribution in [0.2, 0.25) is 0 Å². The highest BCUT2D eigenvalue weighted by Gasteiger charge is 2.16. The molecule has 0 saturated carbocycles. The van der Waals surface area contributed by atoms with E-state index in [2.05, 4.69) is 20.6 Å². The molecule has 1 aliphatic rings. The summed E-state index contributed by atoms with van der Waals surface area (Å²) in [5.74, 6) is 0.708. The molecule has 7 heteroatoms. The van der Waals surface area contributed by atoms with Gasteiger partial charge in [0.05, 0.1) is 19.0 Å². The molecule has 0 aromatic carbocycles. The van der Waals surface area contributed by atoms with Crippen molar-refractivity contribution in [1.29, 1.82) is 0 Å². The van der Waals surface area contributed by atoms with Gasteiger partial charge < -0.3 is 9.47 Å². The van der Waals surface area contributed by atoms with Gasteiger partial charge in [-0.25, -0.2) is 0 Å². The number of H-pyrrole nitrogens is 1. The highest BCUT2D eigenvalue weighted by atomic mass is 32.2. The molecular formula is C5H8N4O2S. The fourth-order valence-corrected chi connectivity index (χ4v) is 1.54. The Balaban J connectivity index is 1.74. The van der Waals surface area contributed by atoms with E-state index in [1.807, 2.05) is 0 Å². The third-order valence-electron chi connectivity index (χ3n) is 1.37. The van der Waals surface area contributed by atoms with E-state index >= 15 is 0 Å². The number of nitrogens with zero attached hydrogens (tertiary/aromatic N) is 3. The van der Waals surface area contributed by atoms with Crippen molar-refractivity contribution in [2.75, 3.05) is 19.0 Å². The average Bonchev–Trinajstić information content (AvgIpc) is 2.74. The molecule has 1 aliphatic heterocycles. The lowest BCUT2D eigenvalue weighted by atomic mass is 10.8. The SMILES string of the molecule is C1COC(CSc2nn[nH]n2)O1. The molecular weight excluding hydrogens is 180 g/mol. The zero-order valence-corrected chi connectivity index (χ0v) is 7.08. The van der Waals surface area contributed by atoms with Crippen LogP contribution in [0, 0.1) is 0 Å². The molecule has 0 amide bonds. The molecule has 0 aliphatic carbocycles. The predicted molar refractivity (Wildman–Crippen MR) is 40.6 cm³/mol. The molecule has 0 bridgehead atoms. The third-order valence-corrected chi connectivity index (χ3v) is 2.24. The predicted octanol–water partition coefficient (Wildman–Crippen LogP) is -0.335. The fraction of sp³-hybridized carbons (Fsp3) is 0.800. The molecule has 2 rings (SSSR count). The van der Waals surface area contributed by atoms with Crippen molar-refractivity contribution >= 4 is 11.8 Å². The Morgan fingerprint density at radius 3 is 3.00 bits per heavy atom. The smallest absolute Gasteiger partial charge is 0.231 e. The van der Waals surface area contributed by atoms with E-state index in [-0.39, 0.29) is 6.29 Å². The van der Waals surface area contributed by atoms with Gasteiger partial charge in [0.25, 0.3) is 0 Å². The summed E-state index contributed by atoms with van der Waals surface area (Å²) in [5.41, 5.74) is 0. The summed E-state index contributed by atoms with van der Waals surface area (Å²) in [6.45, 7) is 1.36. The first-order valence-corrected chi connectivity index (χ1v) is 4.53. The van der Waals surface area contributed by atoms with Gasteiger partial charge in [-0.15, -0.1) is 10.2 Å². The van der Waals surface area contributed by atoms with E-state index in [9.17, 15) is 0 Å². The van der Waals surface area contributed by atoms with Crippen molar-refractivity contribution in [3.63, 3.8) is 0 Å². The Morgan fingerprint density at radius 2 is 2.33 bits per heavy atom. The summed E-state index contributed by atoms with van der Waals surface area (Å²) in [4.78, 5) is 0. The van der Waals surface area contributed by atoms with E-state index in [1.54, 1.807) is 0 Å². The van der Waals surface area contributed by atoms with Crippen LogP contribution in [-0.4, -0.2) is 45.9 Å². The van der Waals surface area contributed by atoms with Gasteiger partial charge >= 0.3 is 0 Å². The normalized spacial score (nSPS) is 18.7. The lowest BCUT2D eigenvalue weighted by molar-refractivity contribution is -0.0215. The largest absolute Gasteiger partial charge is 0.349 e.